The highest BCUT2D eigenvalue weighted by Crippen LogP contribution is 2.25. The maximum absolute atomic E-state index is 13.8. The molecule has 0 unspecified atom stereocenters. The number of carbonyl (C=O) groups excluding carboxylic acids is 1. The summed E-state index contributed by atoms with van der Waals surface area (Å²) in [6.07, 6.45) is 4.04. The molecule has 1 saturated heterocycles. The monoisotopic (exact) mass is 325 g/mol. The van der Waals surface area contributed by atoms with E-state index in [-0.39, 0.29) is 11.9 Å². The number of benzene rings is 1. The van der Waals surface area contributed by atoms with Gasteiger partial charge in [0.2, 0.25) is 0 Å². The van der Waals surface area contributed by atoms with E-state index in [0.717, 1.165) is 25.1 Å². The second-order valence-electron chi connectivity index (χ2n) is 5.20. The maximum Gasteiger partial charge on any atom is 0.256 e. The van der Waals surface area contributed by atoms with Crippen LogP contribution in [0, 0.1) is 10.6 Å². The Labute approximate surface area is 131 Å². The van der Waals surface area contributed by atoms with Crippen molar-refractivity contribution in [3.05, 3.63) is 28.3 Å². The lowest BCUT2D eigenvalue weighted by Crippen LogP contribution is -2.37. The molecule has 1 fully saturated rings. The van der Waals surface area contributed by atoms with Crippen LogP contribution in [-0.4, -0.2) is 45.4 Å². The molecular formula is C14H16FN3OS2. The topological polar surface area (TPSA) is 51.9 Å². The number of fused-ring (bicyclic) bond motifs is 1. The van der Waals surface area contributed by atoms with Gasteiger partial charge in [-0.2, -0.15) is 11.8 Å². The molecule has 2 aromatic rings. The second-order valence-corrected chi connectivity index (χ2v) is 6.52. The zero-order valence-electron chi connectivity index (χ0n) is 11.6. The van der Waals surface area contributed by atoms with Gasteiger partial charge >= 0.3 is 0 Å². The number of halogens is 1. The van der Waals surface area contributed by atoms with Crippen LogP contribution in [0.5, 0.6) is 0 Å². The van der Waals surface area contributed by atoms with Gasteiger partial charge in [0, 0.05) is 18.3 Å². The molecule has 0 saturated carbocycles. The number of rotatable bonds is 3. The van der Waals surface area contributed by atoms with E-state index in [4.69, 9.17) is 12.2 Å². The van der Waals surface area contributed by atoms with E-state index in [0.29, 0.717) is 21.4 Å². The van der Waals surface area contributed by atoms with Gasteiger partial charge in [0.05, 0.1) is 16.6 Å². The van der Waals surface area contributed by atoms with Gasteiger partial charge in [-0.15, -0.1) is 0 Å². The molecule has 0 radical (unpaired) electrons. The molecule has 1 aliphatic rings. The van der Waals surface area contributed by atoms with Crippen molar-refractivity contribution >= 4 is 40.9 Å². The van der Waals surface area contributed by atoms with Gasteiger partial charge in [-0.1, -0.05) is 0 Å². The van der Waals surface area contributed by atoms with Crippen LogP contribution in [0.25, 0.3) is 11.0 Å². The molecule has 0 bridgehead atoms. The van der Waals surface area contributed by atoms with E-state index in [1.54, 1.807) is 11.8 Å². The molecule has 2 heterocycles. The fourth-order valence-corrected chi connectivity index (χ4v) is 3.84. The first kappa shape index (κ1) is 14.6. The van der Waals surface area contributed by atoms with Crippen LogP contribution in [0.3, 0.4) is 0 Å². The molecule has 21 heavy (non-hydrogen) atoms. The number of nitrogens with one attached hydrogen (secondary N) is 2. The van der Waals surface area contributed by atoms with Crippen LogP contribution in [0.1, 0.15) is 23.2 Å². The minimum Gasteiger partial charge on any atom is -0.335 e. The van der Waals surface area contributed by atoms with Gasteiger partial charge in [0.15, 0.2) is 4.77 Å². The zero-order valence-corrected chi connectivity index (χ0v) is 13.2. The van der Waals surface area contributed by atoms with Crippen molar-refractivity contribution in [1.29, 1.82) is 0 Å². The van der Waals surface area contributed by atoms with Gasteiger partial charge in [-0.05, 0) is 43.4 Å². The third kappa shape index (κ3) is 2.72. The van der Waals surface area contributed by atoms with Crippen molar-refractivity contribution in [2.24, 2.45) is 0 Å². The lowest BCUT2D eigenvalue weighted by Gasteiger charge is -2.24. The summed E-state index contributed by atoms with van der Waals surface area (Å²) in [6, 6.07) is 2.87. The van der Waals surface area contributed by atoms with Crippen LogP contribution >= 0.6 is 24.0 Å². The van der Waals surface area contributed by atoms with Gasteiger partial charge in [-0.25, -0.2) is 4.39 Å². The van der Waals surface area contributed by atoms with Gasteiger partial charge in [-0.3, -0.25) is 4.79 Å². The number of aromatic amines is 2. The molecule has 1 aromatic heterocycles. The fraction of sp³-hybridized carbons (Fsp3) is 0.429. The predicted octanol–water partition coefficient (Wildman–Crippen LogP) is 3.33. The van der Waals surface area contributed by atoms with E-state index in [2.05, 4.69) is 9.97 Å². The highest BCUT2D eigenvalue weighted by Gasteiger charge is 2.30. The standard InChI is InChI=1S/C14H16FN3OS2/c1-21-7-9-3-2-4-18(9)13(19)10-5-8(15)6-11-12(10)17-14(20)16-11/h5-6,9H,2-4,7H2,1H3,(H2,16,17,20)/t9-/m0/s1. The van der Waals surface area contributed by atoms with Crippen molar-refractivity contribution in [3.63, 3.8) is 0 Å². The quantitative estimate of drug-likeness (QED) is 0.851. The van der Waals surface area contributed by atoms with Gasteiger partial charge < -0.3 is 14.9 Å². The summed E-state index contributed by atoms with van der Waals surface area (Å²) in [7, 11) is 0. The van der Waals surface area contributed by atoms with E-state index < -0.39 is 5.82 Å². The number of nitrogens with zero attached hydrogens (tertiary/aromatic N) is 1. The second kappa shape index (κ2) is 5.81. The first-order chi connectivity index (χ1) is 10.1. The molecule has 1 aliphatic heterocycles. The summed E-state index contributed by atoms with van der Waals surface area (Å²) in [4.78, 5) is 20.5. The molecule has 1 atom stereocenters. The number of hydrogen-bond donors (Lipinski definition) is 2. The largest absolute Gasteiger partial charge is 0.335 e. The number of thioether (sulfide) groups is 1. The Balaban J connectivity index is 2.03. The summed E-state index contributed by atoms with van der Waals surface area (Å²) < 4.78 is 14.2. The van der Waals surface area contributed by atoms with E-state index in [9.17, 15) is 9.18 Å². The Morgan fingerprint density at radius 3 is 3.10 bits per heavy atom. The number of amides is 1. The molecule has 2 N–H and O–H groups in total. The average Bonchev–Trinajstić information content (AvgIpc) is 3.03. The van der Waals surface area contributed by atoms with E-state index in [1.807, 2.05) is 11.2 Å². The Bertz CT molecular complexity index is 739. The van der Waals surface area contributed by atoms with Gasteiger partial charge in [0.1, 0.15) is 5.82 Å². The highest BCUT2D eigenvalue weighted by molar-refractivity contribution is 7.98. The lowest BCUT2D eigenvalue weighted by molar-refractivity contribution is 0.0751. The minimum absolute atomic E-state index is 0.124. The van der Waals surface area contributed by atoms with Crippen molar-refractivity contribution in [2.45, 2.75) is 18.9 Å². The zero-order chi connectivity index (χ0) is 15.0. The summed E-state index contributed by atoms with van der Waals surface area (Å²) in [5.74, 6) is 0.353. The van der Waals surface area contributed by atoms with Crippen LogP contribution in [0.2, 0.25) is 0 Å². The SMILES string of the molecule is CSC[C@@H]1CCCN1C(=O)c1cc(F)cc2[nH]c(=S)[nH]c12. The Morgan fingerprint density at radius 2 is 2.33 bits per heavy atom. The summed E-state index contributed by atoms with van der Waals surface area (Å²) in [6.45, 7) is 0.729. The molecular weight excluding hydrogens is 309 g/mol. The number of hydrogen-bond acceptors (Lipinski definition) is 3. The Hall–Kier alpha value is -1.34. The van der Waals surface area contributed by atoms with Crippen LogP contribution in [-0.2, 0) is 0 Å². The molecule has 4 nitrogen and oxygen atoms in total. The first-order valence-electron chi connectivity index (χ1n) is 6.81. The van der Waals surface area contributed by atoms with Crippen LogP contribution < -0.4 is 0 Å². The molecule has 112 valence electrons. The molecule has 1 amide bonds. The van der Waals surface area contributed by atoms with Crippen LogP contribution in [0.4, 0.5) is 4.39 Å². The third-order valence-electron chi connectivity index (χ3n) is 3.82. The number of imidazole rings is 1. The summed E-state index contributed by atoms with van der Waals surface area (Å²) in [5.41, 5.74) is 1.47. The maximum atomic E-state index is 13.8. The Morgan fingerprint density at radius 1 is 1.52 bits per heavy atom. The van der Waals surface area contributed by atoms with Crippen molar-refractivity contribution in [3.8, 4) is 0 Å². The lowest BCUT2D eigenvalue weighted by atomic mass is 10.1. The number of carbonyl (C=O) groups is 1. The van der Waals surface area contributed by atoms with Gasteiger partial charge in [0.25, 0.3) is 5.91 Å². The molecule has 0 aliphatic carbocycles. The van der Waals surface area contributed by atoms with E-state index in [1.165, 1.54) is 12.1 Å². The van der Waals surface area contributed by atoms with Crippen molar-refractivity contribution < 1.29 is 9.18 Å². The molecule has 1 aromatic carbocycles. The number of likely N-dealkylation sites (tertiary alicyclic amines) is 1. The number of aromatic nitrogens is 2. The first-order valence-corrected chi connectivity index (χ1v) is 8.62. The average molecular weight is 325 g/mol. The normalized spacial score (nSPS) is 18.6. The highest BCUT2D eigenvalue weighted by atomic mass is 32.2. The fourth-order valence-electron chi connectivity index (χ4n) is 2.90. The molecule has 7 heteroatoms. The molecule has 3 rings (SSSR count). The van der Waals surface area contributed by atoms with Crippen molar-refractivity contribution in [1.82, 2.24) is 14.9 Å². The molecule has 0 spiro atoms. The minimum atomic E-state index is -0.434. The summed E-state index contributed by atoms with van der Waals surface area (Å²) >= 11 is 6.77. The van der Waals surface area contributed by atoms with Crippen molar-refractivity contribution in [2.75, 3.05) is 18.6 Å². The van der Waals surface area contributed by atoms with Crippen LogP contribution in [0.15, 0.2) is 12.1 Å². The number of H-pyrrole nitrogens is 2. The Kier molecular flexibility index (Phi) is 4.03. The van der Waals surface area contributed by atoms with E-state index >= 15 is 0 Å². The predicted molar refractivity (Wildman–Crippen MR) is 85.9 cm³/mol. The smallest absolute Gasteiger partial charge is 0.256 e. The summed E-state index contributed by atoms with van der Waals surface area (Å²) in [5, 5.41) is 0. The third-order valence-corrected chi connectivity index (χ3v) is 4.74.